The second kappa shape index (κ2) is 23.9. The van der Waals surface area contributed by atoms with Gasteiger partial charge in [-0.15, -0.1) is 31.8 Å². The maximum Gasteiger partial charge on any atom is 2.00 e. The van der Waals surface area contributed by atoms with Gasteiger partial charge in [-0.3, -0.25) is 9.97 Å². The summed E-state index contributed by atoms with van der Waals surface area (Å²) in [6.07, 6.45) is 25.2. The summed E-state index contributed by atoms with van der Waals surface area (Å²) in [6, 6.07) is 12.1. The summed E-state index contributed by atoms with van der Waals surface area (Å²) in [7, 11) is -2.14. The molecule has 1 N–H and O–H groups in total. The Labute approximate surface area is 345 Å². The van der Waals surface area contributed by atoms with Crippen molar-refractivity contribution in [2.45, 2.75) is 0 Å². The first-order valence-electron chi connectivity index (χ1n) is 15.5. The molecule has 0 aliphatic heterocycles. The summed E-state index contributed by atoms with van der Waals surface area (Å²) < 4.78 is 75.5. The molecule has 0 bridgehead atoms. The van der Waals surface area contributed by atoms with Crippen molar-refractivity contribution in [3.05, 3.63) is 129 Å². The van der Waals surface area contributed by atoms with Crippen molar-refractivity contribution in [3.63, 3.8) is 0 Å². The molecule has 0 unspecified atom stereocenters. The average molecular weight is 931 g/mol. The molecule has 57 heavy (non-hydrogen) atoms. The van der Waals surface area contributed by atoms with E-state index in [2.05, 4.69) is 58.5 Å². The van der Waals surface area contributed by atoms with Crippen molar-refractivity contribution in [2.24, 2.45) is 28.2 Å². The van der Waals surface area contributed by atoms with Crippen LogP contribution in [0.3, 0.4) is 0 Å². The fourth-order valence-corrected chi connectivity index (χ4v) is 4.85. The number of aromatic amines is 1. The number of fused-ring (bicyclic) bond motifs is 6. The summed E-state index contributed by atoms with van der Waals surface area (Å²) in [4.78, 5) is 33.6. The molecule has 0 radical (unpaired) electrons. The Kier molecular flexibility index (Phi) is 20.1. The molecule has 0 amide bonds. The zero-order valence-electron chi connectivity index (χ0n) is 30.3. The van der Waals surface area contributed by atoms with Crippen LogP contribution in [0.5, 0.6) is 0 Å². The summed E-state index contributed by atoms with van der Waals surface area (Å²) in [5.74, 6) is 0.895. The van der Waals surface area contributed by atoms with Gasteiger partial charge in [-0.1, -0.05) is 6.07 Å². The third-order valence-electron chi connectivity index (χ3n) is 6.37. The number of H-pyrrole nitrogens is 1. The summed E-state index contributed by atoms with van der Waals surface area (Å²) >= 11 is 1.68. The second-order valence-corrected chi connectivity index (χ2v) is 13.2. The van der Waals surface area contributed by atoms with E-state index in [1.54, 1.807) is 73.8 Å². The van der Waals surface area contributed by atoms with Crippen molar-refractivity contribution in [1.82, 2.24) is 58.1 Å². The number of halogens is 2. The Balaban J connectivity index is 0.000000264. The van der Waals surface area contributed by atoms with E-state index in [-0.39, 0.29) is 19.5 Å². The molecule has 24 heteroatoms. The molecule has 0 saturated heterocycles. The number of hydrogen-bond donors (Lipinski definition) is 1. The van der Waals surface area contributed by atoms with Crippen LogP contribution in [0, 0.1) is 20.5 Å². The monoisotopic (exact) mass is 930 g/mol. The summed E-state index contributed by atoms with van der Waals surface area (Å²) in [6.45, 7) is 0. The van der Waals surface area contributed by atoms with Crippen molar-refractivity contribution in [3.8, 4) is 10.7 Å². The quantitative estimate of drug-likeness (QED) is 0.124. The SMILES string of the molecule is Cn1ccnc1.Cn1ccnc1.Cn1ccnc1.Cn1ccnc1.[O-][Cl+3]([O-])([O-])[O-].[O-][Cl+3]([O-])([O-])[O-].[Ru+2].c1csc(-c2nc3c4cccnc4c4ncccc4c3[nH]2)c1. The molecular weight excluding hydrogens is 896 g/mol. The third kappa shape index (κ3) is 19.1. The molecule has 0 aliphatic rings. The molecule has 0 aliphatic carbocycles. The van der Waals surface area contributed by atoms with Gasteiger partial charge >= 0.3 is 19.5 Å². The fourth-order valence-electron chi connectivity index (χ4n) is 4.18. The fraction of sp³-hybridized carbons (Fsp3) is 0.121. The smallest absolute Gasteiger partial charge is 0.341 e. The molecule has 1 aromatic carbocycles. The summed E-state index contributed by atoms with van der Waals surface area (Å²) in [5.41, 5.74) is 3.78. The van der Waals surface area contributed by atoms with Crippen molar-refractivity contribution >= 4 is 44.2 Å². The number of thiophene rings is 1. The van der Waals surface area contributed by atoms with E-state index in [1.807, 2.05) is 89.4 Å². The molecule has 9 aromatic rings. The van der Waals surface area contributed by atoms with Crippen LogP contribution in [-0.2, 0) is 47.7 Å². The van der Waals surface area contributed by atoms with Gasteiger partial charge in [0, 0.05) is 101 Å². The number of nitrogens with one attached hydrogen (secondary N) is 1. The van der Waals surface area contributed by atoms with Crippen LogP contribution in [0.25, 0.3) is 43.5 Å². The van der Waals surface area contributed by atoms with Crippen LogP contribution < -0.4 is 37.3 Å². The Morgan fingerprint density at radius 2 is 0.912 bits per heavy atom. The molecule has 9 rings (SSSR count). The molecule has 0 fully saturated rings. The van der Waals surface area contributed by atoms with Crippen LogP contribution in [0.2, 0.25) is 0 Å². The number of imidazole rings is 5. The van der Waals surface area contributed by atoms with Crippen LogP contribution in [0.4, 0.5) is 0 Å². The Hall–Kier alpha value is -5.07. The van der Waals surface area contributed by atoms with Gasteiger partial charge in [0.25, 0.3) is 0 Å². The number of pyridine rings is 2. The second-order valence-electron chi connectivity index (χ2n) is 10.8. The maximum atomic E-state index is 8.49. The van der Waals surface area contributed by atoms with E-state index in [1.165, 1.54) is 0 Å². The first kappa shape index (κ1) is 48.1. The van der Waals surface area contributed by atoms with Gasteiger partial charge in [0.05, 0.1) is 52.3 Å². The molecule has 302 valence electrons. The minimum atomic E-state index is -4.94. The molecule has 8 aromatic heterocycles. The minimum absolute atomic E-state index is 0. The standard InChI is InChI=1S/C17H10N4S.4C4H6N2.2ClHO4.Ru/c1-4-10-13(18-7-1)14-11(5-2-8-19-14)16-15(10)20-17(21-16)12-6-3-9-22-12;4*1-6-3-2-5-4-6;2*2-1(3,4)5;/h1-9H,(H,20,21);4*2-4H,1H3;2*(H,2,3,4,5);/q;;;;;;;+2/p-2. The largest absolute Gasteiger partial charge is 2.00 e. The normalized spacial score (nSPS) is 10.3. The molecular formula is C33H34Cl2N12O8RuS. The van der Waals surface area contributed by atoms with Crippen LogP contribution in [0.15, 0.2) is 129 Å². The molecule has 8 heterocycles. The van der Waals surface area contributed by atoms with Gasteiger partial charge in [0.15, 0.2) is 0 Å². The van der Waals surface area contributed by atoms with Gasteiger partial charge in [-0.25, -0.2) is 62.2 Å². The Bertz CT molecular complexity index is 2150. The first-order valence-corrected chi connectivity index (χ1v) is 18.8. The van der Waals surface area contributed by atoms with E-state index in [0.29, 0.717) is 0 Å². The van der Waals surface area contributed by atoms with E-state index in [9.17, 15) is 0 Å². The topological polar surface area (TPSA) is 310 Å². The zero-order valence-corrected chi connectivity index (χ0v) is 34.4. The summed E-state index contributed by atoms with van der Waals surface area (Å²) in [5, 5.41) is 4.14. The zero-order chi connectivity index (χ0) is 41.1. The van der Waals surface area contributed by atoms with Gasteiger partial charge in [-0.05, 0) is 35.7 Å². The van der Waals surface area contributed by atoms with E-state index in [4.69, 9.17) is 42.3 Å². The Morgan fingerprint density at radius 1 is 0.526 bits per heavy atom. The molecule has 20 nitrogen and oxygen atoms in total. The van der Waals surface area contributed by atoms with Crippen LogP contribution >= 0.6 is 11.3 Å². The number of aryl methyl sites for hydroxylation is 4. The number of hydrogen-bond acceptors (Lipinski definition) is 16. The number of benzene rings is 1. The number of nitrogens with zero attached hydrogens (tertiary/aromatic N) is 11. The van der Waals surface area contributed by atoms with Crippen LogP contribution in [-0.4, -0.2) is 58.1 Å². The average Bonchev–Trinajstić information content (AvgIpc) is 3.98. The molecule has 0 saturated carbocycles. The third-order valence-corrected chi connectivity index (χ3v) is 7.25. The maximum absolute atomic E-state index is 8.49. The van der Waals surface area contributed by atoms with E-state index in [0.717, 1.165) is 43.5 Å². The van der Waals surface area contributed by atoms with Gasteiger partial charge in [0.2, 0.25) is 0 Å². The molecule has 0 spiro atoms. The van der Waals surface area contributed by atoms with Gasteiger partial charge in [-0.2, -0.15) is 0 Å². The van der Waals surface area contributed by atoms with Crippen molar-refractivity contribution in [1.29, 1.82) is 0 Å². The number of rotatable bonds is 1. The number of aromatic nitrogens is 12. The Morgan fingerprint density at radius 3 is 1.23 bits per heavy atom. The van der Waals surface area contributed by atoms with Crippen LogP contribution in [0.1, 0.15) is 0 Å². The van der Waals surface area contributed by atoms with E-state index < -0.39 is 20.5 Å². The van der Waals surface area contributed by atoms with Gasteiger partial charge < -0.3 is 23.3 Å². The van der Waals surface area contributed by atoms with Gasteiger partial charge in [0.1, 0.15) is 5.82 Å². The van der Waals surface area contributed by atoms with Crippen molar-refractivity contribution in [2.75, 3.05) is 0 Å². The predicted molar refractivity (Wildman–Crippen MR) is 183 cm³/mol. The predicted octanol–water partition coefficient (Wildman–Crippen LogP) is -3.45. The minimum Gasteiger partial charge on any atom is -0.341 e. The first-order chi connectivity index (χ1) is 26.5. The van der Waals surface area contributed by atoms with Crippen molar-refractivity contribution < 1.29 is 77.2 Å². The van der Waals surface area contributed by atoms with E-state index >= 15 is 0 Å². The molecule has 0 atom stereocenters.